The molecule has 262 valence electrons. The summed E-state index contributed by atoms with van der Waals surface area (Å²) in [6, 6.07) is 13.4. The Hall–Kier alpha value is -2.42. The van der Waals surface area contributed by atoms with Gasteiger partial charge in [-0.05, 0) is 56.2 Å². The second-order valence-electron chi connectivity index (χ2n) is 13.5. The van der Waals surface area contributed by atoms with Gasteiger partial charge in [0.25, 0.3) is 0 Å². The van der Waals surface area contributed by atoms with Crippen molar-refractivity contribution in [2.45, 2.75) is 121 Å². The number of ether oxygens (including phenoxy) is 1. The summed E-state index contributed by atoms with van der Waals surface area (Å²) in [6.45, 7) is 6.59. The Morgan fingerprint density at radius 2 is 1.13 bits per heavy atom. The number of quaternary nitrogens is 1. The highest BCUT2D eigenvalue weighted by molar-refractivity contribution is 7.85. The molecule has 46 heavy (non-hydrogen) atoms. The smallest absolute Gasteiger partial charge is 0.338 e. The van der Waals surface area contributed by atoms with Crippen LogP contribution in [0.1, 0.15) is 126 Å². The van der Waals surface area contributed by atoms with Gasteiger partial charge in [0.05, 0.1) is 31.1 Å². The summed E-state index contributed by atoms with van der Waals surface area (Å²) in [5.74, 6) is -0.224. The fraction of sp³-hybridized carbons (Fsp3) is 0.658. The Balaban J connectivity index is 0.000000804. The Morgan fingerprint density at radius 3 is 1.54 bits per heavy atom. The zero-order valence-corrected chi connectivity index (χ0v) is 30.7. The first kappa shape index (κ1) is 41.6. The minimum Gasteiger partial charge on any atom is -0.744 e. The fourth-order valence-corrected chi connectivity index (χ4v) is 5.74. The van der Waals surface area contributed by atoms with E-state index in [9.17, 15) is 17.8 Å². The number of benzene rings is 2. The van der Waals surface area contributed by atoms with Crippen molar-refractivity contribution < 1.29 is 27.0 Å². The Labute approximate surface area is 282 Å². The summed E-state index contributed by atoms with van der Waals surface area (Å²) >= 11 is 0. The van der Waals surface area contributed by atoms with E-state index in [1.165, 1.54) is 115 Å². The number of likely N-dealkylation sites (N-methyl/N-ethyl adjacent to an activating group) is 1. The molecule has 0 spiro atoms. The predicted octanol–water partition coefficient (Wildman–Crippen LogP) is 9.15. The van der Waals surface area contributed by atoms with Gasteiger partial charge < -0.3 is 18.7 Å². The molecule has 8 heteroatoms. The molecule has 2 rings (SSSR count). The quantitative estimate of drug-likeness (QED) is 0.0511. The zero-order chi connectivity index (χ0) is 34.3. The van der Waals surface area contributed by atoms with Gasteiger partial charge in [-0.25, -0.2) is 13.2 Å². The van der Waals surface area contributed by atoms with E-state index in [0.717, 1.165) is 28.8 Å². The summed E-state index contributed by atoms with van der Waals surface area (Å²) in [4.78, 5) is 14.1. The third-order valence-electron chi connectivity index (χ3n) is 8.48. The van der Waals surface area contributed by atoms with Crippen LogP contribution in [0.25, 0.3) is 0 Å². The molecule has 0 aromatic heterocycles. The highest BCUT2D eigenvalue weighted by atomic mass is 32.2. The van der Waals surface area contributed by atoms with Crippen LogP contribution in [0.5, 0.6) is 0 Å². The van der Waals surface area contributed by atoms with E-state index in [1.807, 2.05) is 50.2 Å². The van der Waals surface area contributed by atoms with E-state index in [2.05, 4.69) is 21.0 Å². The number of esters is 1. The lowest BCUT2D eigenvalue weighted by molar-refractivity contribution is -0.890. The van der Waals surface area contributed by atoms with E-state index < -0.39 is 10.1 Å². The SMILES string of the molecule is CCCCCCCCCCCCCCCCCC[N+](C)(C)CCOC(=O)c1ccc(N(C)C)cc1.Cc1ccc(S(=O)(=O)[O-])cc1. The maximum atomic E-state index is 12.3. The van der Waals surface area contributed by atoms with Crippen LogP contribution >= 0.6 is 0 Å². The highest BCUT2D eigenvalue weighted by Gasteiger charge is 2.16. The summed E-state index contributed by atoms with van der Waals surface area (Å²) in [5.41, 5.74) is 2.63. The van der Waals surface area contributed by atoms with Crippen molar-refractivity contribution in [1.29, 1.82) is 0 Å². The number of anilines is 1. The highest BCUT2D eigenvalue weighted by Crippen LogP contribution is 2.15. The van der Waals surface area contributed by atoms with Gasteiger partial charge in [-0.2, -0.15) is 0 Å². The van der Waals surface area contributed by atoms with Gasteiger partial charge in [0, 0.05) is 19.8 Å². The van der Waals surface area contributed by atoms with E-state index >= 15 is 0 Å². The van der Waals surface area contributed by atoms with Gasteiger partial charge in [-0.3, -0.25) is 0 Å². The molecule has 0 aliphatic heterocycles. The lowest BCUT2D eigenvalue weighted by Crippen LogP contribution is -2.43. The summed E-state index contributed by atoms with van der Waals surface area (Å²) in [5, 5.41) is 0. The molecule has 7 nitrogen and oxygen atoms in total. The van der Waals surface area contributed by atoms with Crippen LogP contribution in [0.4, 0.5) is 5.69 Å². The number of hydrogen-bond donors (Lipinski definition) is 0. The van der Waals surface area contributed by atoms with Gasteiger partial charge >= 0.3 is 5.97 Å². The average molecular weight is 661 g/mol. The molecular formula is C38H64N2O5S. The van der Waals surface area contributed by atoms with Crippen molar-refractivity contribution in [2.75, 3.05) is 52.8 Å². The number of rotatable bonds is 23. The van der Waals surface area contributed by atoms with Crippen molar-refractivity contribution in [3.8, 4) is 0 Å². The molecule has 0 unspecified atom stereocenters. The number of carbonyl (C=O) groups is 1. The van der Waals surface area contributed by atoms with Gasteiger partial charge in [-0.1, -0.05) is 115 Å². The van der Waals surface area contributed by atoms with Crippen molar-refractivity contribution in [3.05, 3.63) is 59.7 Å². The first-order valence-electron chi connectivity index (χ1n) is 17.6. The first-order valence-corrected chi connectivity index (χ1v) is 19.1. The molecule has 0 saturated heterocycles. The van der Waals surface area contributed by atoms with Crippen LogP contribution in [-0.2, 0) is 14.9 Å². The molecule has 0 aliphatic carbocycles. The zero-order valence-electron chi connectivity index (χ0n) is 29.9. The Bertz CT molecular complexity index is 1160. The normalized spacial score (nSPS) is 11.5. The van der Waals surface area contributed by atoms with Crippen molar-refractivity contribution >= 4 is 21.8 Å². The molecule has 0 fully saturated rings. The van der Waals surface area contributed by atoms with Crippen molar-refractivity contribution in [2.24, 2.45) is 0 Å². The van der Waals surface area contributed by atoms with Crippen molar-refractivity contribution in [1.82, 2.24) is 0 Å². The molecular weight excluding hydrogens is 596 g/mol. The average Bonchev–Trinajstić information content (AvgIpc) is 3.01. The minimum absolute atomic E-state index is 0.178. The van der Waals surface area contributed by atoms with E-state index in [-0.39, 0.29) is 10.9 Å². The molecule has 0 heterocycles. The standard InChI is InChI=1S/C31H57N2O2.C7H8O3S/c1-6-7-8-9-10-11-12-13-14-15-16-17-18-19-20-21-26-33(4,5)27-28-35-31(34)29-22-24-30(25-23-29)32(2)3;1-6-2-4-7(5-3-6)11(8,9)10/h22-25H,6-21,26-28H2,1-5H3;2-5H,1H3,(H,8,9,10)/q+1;/p-1. The second kappa shape index (κ2) is 23.8. The molecule has 2 aromatic carbocycles. The van der Waals surface area contributed by atoms with Crippen LogP contribution in [-0.4, -0.2) is 71.3 Å². The number of aryl methyl sites for hydroxylation is 1. The van der Waals surface area contributed by atoms with Gasteiger partial charge in [0.2, 0.25) is 0 Å². The lowest BCUT2D eigenvalue weighted by Gasteiger charge is -2.29. The van der Waals surface area contributed by atoms with Crippen LogP contribution in [0.15, 0.2) is 53.4 Å². The topological polar surface area (TPSA) is 86.7 Å². The largest absolute Gasteiger partial charge is 0.744 e. The molecule has 0 saturated carbocycles. The maximum absolute atomic E-state index is 12.3. The molecule has 0 amide bonds. The van der Waals surface area contributed by atoms with Crippen molar-refractivity contribution in [3.63, 3.8) is 0 Å². The maximum Gasteiger partial charge on any atom is 0.338 e. The number of carbonyl (C=O) groups excluding carboxylic acids is 1. The number of unbranched alkanes of at least 4 members (excludes halogenated alkanes) is 15. The van der Waals surface area contributed by atoms with Crippen LogP contribution in [0, 0.1) is 6.92 Å². The molecule has 0 atom stereocenters. The summed E-state index contributed by atoms with van der Waals surface area (Å²) in [6.07, 6.45) is 22.5. The molecule has 0 radical (unpaired) electrons. The molecule has 0 bridgehead atoms. The minimum atomic E-state index is -4.27. The van der Waals surface area contributed by atoms with E-state index in [1.54, 1.807) is 12.1 Å². The molecule has 2 aromatic rings. The second-order valence-corrected chi connectivity index (χ2v) is 14.9. The number of hydrogen-bond acceptors (Lipinski definition) is 6. The Morgan fingerprint density at radius 1 is 0.696 bits per heavy atom. The van der Waals surface area contributed by atoms with Crippen LogP contribution in [0.3, 0.4) is 0 Å². The third-order valence-corrected chi connectivity index (χ3v) is 9.33. The Kier molecular flexibility index (Phi) is 21.6. The van der Waals surface area contributed by atoms with Gasteiger partial charge in [0.15, 0.2) is 0 Å². The molecule has 0 N–H and O–H groups in total. The fourth-order valence-electron chi connectivity index (χ4n) is 5.27. The number of nitrogens with zero attached hydrogens (tertiary/aromatic N) is 2. The van der Waals surface area contributed by atoms with Crippen LogP contribution in [0.2, 0.25) is 0 Å². The first-order chi connectivity index (χ1) is 21.9. The lowest BCUT2D eigenvalue weighted by atomic mass is 10.0. The predicted molar refractivity (Wildman–Crippen MR) is 192 cm³/mol. The third kappa shape index (κ3) is 20.7. The van der Waals surface area contributed by atoms with Crippen LogP contribution < -0.4 is 4.90 Å². The molecule has 0 aliphatic rings. The summed E-state index contributed by atoms with van der Waals surface area (Å²) in [7, 11) is 4.20. The van der Waals surface area contributed by atoms with Gasteiger partial charge in [-0.15, -0.1) is 0 Å². The summed E-state index contributed by atoms with van der Waals surface area (Å²) < 4.78 is 37.6. The monoisotopic (exact) mass is 660 g/mol. The van der Waals surface area contributed by atoms with Gasteiger partial charge in [0.1, 0.15) is 23.3 Å². The van der Waals surface area contributed by atoms with E-state index in [4.69, 9.17) is 4.74 Å². The van der Waals surface area contributed by atoms with E-state index in [0.29, 0.717) is 12.2 Å².